The SMILES string of the molecule is CC(C)(C)OC(=O)NC1([C@H]2CCCNC2)CC1. The Balaban J connectivity index is 1.87. The van der Waals surface area contributed by atoms with Gasteiger partial charge < -0.3 is 15.4 Å². The highest BCUT2D eigenvalue weighted by molar-refractivity contribution is 5.69. The molecule has 1 aliphatic carbocycles. The predicted octanol–water partition coefficient (Wildman–Crippen LogP) is 2.04. The van der Waals surface area contributed by atoms with Gasteiger partial charge in [-0.25, -0.2) is 4.79 Å². The number of ether oxygens (including phenoxy) is 1. The summed E-state index contributed by atoms with van der Waals surface area (Å²) in [6, 6.07) is 0. The van der Waals surface area contributed by atoms with Gasteiger partial charge in [-0.15, -0.1) is 0 Å². The molecule has 1 saturated carbocycles. The minimum absolute atomic E-state index is 0.0236. The molecule has 2 N–H and O–H groups in total. The van der Waals surface area contributed by atoms with Gasteiger partial charge in [0.2, 0.25) is 0 Å². The highest BCUT2D eigenvalue weighted by Gasteiger charge is 2.51. The molecule has 17 heavy (non-hydrogen) atoms. The van der Waals surface area contributed by atoms with Crippen molar-refractivity contribution in [3.05, 3.63) is 0 Å². The van der Waals surface area contributed by atoms with E-state index in [0.717, 1.165) is 25.9 Å². The first-order chi connectivity index (χ1) is 7.91. The van der Waals surface area contributed by atoms with Gasteiger partial charge in [-0.3, -0.25) is 0 Å². The Bertz CT molecular complexity index is 286. The van der Waals surface area contributed by atoms with E-state index in [-0.39, 0.29) is 11.6 Å². The van der Waals surface area contributed by atoms with Crippen molar-refractivity contribution < 1.29 is 9.53 Å². The third-order valence-electron chi connectivity index (χ3n) is 3.62. The van der Waals surface area contributed by atoms with Gasteiger partial charge in [-0.1, -0.05) is 0 Å². The summed E-state index contributed by atoms with van der Waals surface area (Å²) in [4.78, 5) is 11.8. The van der Waals surface area contributed by atoms with Gasteiger partial charge in [-0.2, -0.15) is 0 Å². The third kappa shape index (κ3) is 3.35. The van der Waals surface area contributed by atoms with Crippen molar-refractivity contribution in [3.8, 4) is 0 Å². The number of rotatable bonds is 2. The second-order valence-electron chi connectivity index (χ2n) is 6.33. The number of carbonyl (C=O) groups excluding carboxylic acids is 1. The number of carbonyl (C=O) groups is 1. The number of hydrogen-bond acceptors (Lipinski definition) is 3. The molecule has 1 amide bonds. The molecule has 0 aromatic carbocycles. The van der Waals surface area contributed by atoms with E-state index in [1.165, 1.54) is 12.8 Å². The second-order valence-corrected chi connectivity index (χ2v) is 6.33. The van der Waals surface area contributed by atoms with Crippen LogP contribution in [0.15, 0.2) is 0 Å². The molecule has 0 radical (unpaired) electrons. The Hall–Kier alpha value is -0.770. The molecule has 0 bridgehead atoms. The normalized spacial score (nSPS) is 27.4. The summed E-state index contributed by atoms with van der Waals surface area (Å²) in [6.07, 6.45) is 4.35. The van der Waals surface area contributed by atoms with Crippen molar-refractivity contribution >= 4 is 6.09 Å². The van der Waals surface area contributed by atoms with Crippen LogP contribution in [-0.2, 0) is 4.74 Å². The summed E-state index contributed by atoms with van der Waals surface area (Å²) in [5.41, 5.74) is -0.388. The summed E-state index contributed by atoms with van der Waals surface area (Å²) in [7, 11) is 0. The molecular weight excluding hydrogens is 216 g/mol. The van der Waals surface area contributed by atoms with Gasteiger partial charge in [0.15, 0.2) is 0 Å². The summed E-state index contributed by atoms with van der Waals surface area (Å²) in [5, 5.41) is 6.50. The molecule has 2 rings (SSSR count). The molecule has 1 heterocycles. The van der Waals surface area contributed by atoms with Crippen LogP contribution in [0.3, 0.4) is 0 Å². The molecule has 2 fully saturated rings. The molecule has 0 aromatic heterocycles. The summed E-state index contributed by atoms with van der Waals surface area (Å²) >= 11 is 0. The molecule has 0 spiro atoms. The fraction of sp³-hybridized carbons (Fsp3) is 0.923. The number of amides is 1. The monoisotopic (exact) mass is 240 g/mol. The highest BCUT2D eigenvalue weighted by Crippen LogP contribution is 2.45. The van der Waals surface area contributed by atoms with Gasteiger partial charge in [0, 0.05) is 12.1 Å². The second kappa shape index (κ2) is 4.48. The van der Waals surface area contributed by atoms with Crippen LogP contribution in [0.1, 0.15) is 46.5 Å². The lowest BCUT2D eigenvalue weighted by Crippen LogP contribution is -2.49. The largest absolute Gasteiger partial charge is 0.444 e. The van der Waals surface area contributed by atoms with Crippen LogP contribution in [0, 0.1) is 5.92 Å². The van der Waals surface area contributed by atoms with E-state index in [4.69, 9.17) is 4.74 Å². The van der Waals surface area contributed by atoms with Crippen LogP contribution >= 0.6 is 0 Å². The molecule has 4 heteroatoms. The zero-order chi connectivity index (χ0) is 12.5. The van der Waals surface area contributed by atoms with Crippen molar-refractivity contribution in [2.45, 2.75) is 57.6 Å². The third-order valence-corrected chi connectivity index (χ3v) is 3.62. The zero-order valence-corrected chi connectivity index (χ0v) is 11.1. The van der Waals surface area contributed by atoms with Crippen LogP contribution in [0.25, 0.3) is 0 Å². The number of piperidine rings is 1. The molecule has 2 aliphatic rings. The van der Waals surface area contributed by atoms with Crippen molar-refractivity contribution in [1.29, 1.82) is 0 Å². The molecule has 4 nitrogen and oxygen atoms in total. The maximum Gasteiger partial charge on any atom is 0.408 e. The van der Waals surface area contributed by atoms with Gasteiger partial charge >= 0.3 is 6.09 Å². The summed E-state index contributed by atoms with van der Waals surface area (Å²) in [6.45, 7) is 7.83. The van der Waals surface area contributed by atoms with Crippen LogP contribution in [-0.4, -0.2) is 30.3 Å². The van der Waals surface area contributed by atoms with E-state index in [1.54, 1.807) is 0 Å². The van der Waals surface area contributed by atoms with Gasteiger partial charge in [0.1, 0.15) is 5.60 Å². The molecule has 1 atom stereocenters. The molecule has 1 saturated heterocycles. The fourth-order valence-corrected chi connectivity index (χ4v) is 2.60. The van der Waals surface area contributed by atoms with Crippen molar-refractivity contribution in [1.82, 2.24) is 10.6 Å². The van der Waals surface area contributed by atoms with Crippen LogP contribution in [0.4, 0.5) is 4.79 Å². The lowest BCUT2D eigenvalue weighted by Gasteiger charge is -2.32. The molecule has 1 aliphatic heterocycles. The summed E-state index contributed by atoms with van der Waals surface area (Å²) in [5.74, 6) is 0.573. The lowest BCUT2D eigenvalue weighted by molar-refractivity contribution is 0.0467. The van der Waals surface area contributed by atoms with Crippen LogP contribution < -0.4 is 10.6 Å². The first kappa shape index (κ1) is 12.7. The fourth-order valence-electron chi connectivity index (χ4n) is 2.60. The Morgan fingerprint density at radius 1 is 1.41 bits per heavy atom. The van der Waals surface area contributed by atoms with Gasteiger partial charge in [0.05, 0.1) is 0 Å². The minimum Gasteiger partial charge on any atom is -0.444 e. The van der Waals surface area contributed by atoms with Gasteiger partial charge in [-0.05, 0) is 58.9 Å². The first-order valence-corrected chi connectivity index (χ1v) is 6.63. The predicted molar refractivity (Wildman–Crippen MR) is 66.9 cm³/mol. The summed E-state index contributed by atoms with van der Waals surface area (Å²) < 4.78 is 5.33. The smallest absolute Gasteiger partial charge is 0.408 e. The topological polar surface area (TPSA) is 50.4 Å². The molecule has 98 valence electrons. The molecule has 0 aromatic rings. The number of hydrogen-bond donors (Lipinski definition) is 2. The highest BCUT2D eigenvalue weighted by atomic mass is 16.6. The van der Waals surface area contributed by atoms with E-state index in [2.05, 4.69) is 10.6 Å². The van der Waals surface area contributed by atoms with Crippen molar-refractivity contribution in [3.63, 3.8) is 0 Å². The lowest BCUT2D eigenvalue weighted by atomic mass is 9.89. The Morgan fingerprint density at radius 2 is 2.12 bits per heavy atom. The average Bonchev–Trinajstić information content (AvgIpc) is 2.97. The maximum absolute atomic E-state index is 11.8. The minimum atomic E-state index is -0.412. The average molecular weight is 240 g/mol. The van der Waals surface area contributed by atoms with Crippen LogP contribution in [0.2, 0.25) is 0 Å². The maximum atomic E-state index is 11.8. The van der Waals surface area contributed by atoms with Crippen molar-refractivity contribution in [2.75, 3.05) is 13.1 Å². The van der Waals surface area contributed by atoms with E-state index >= 15 is 0 Å². The first-order valence-electron chi connectivity index (χ1n) is 6.63. The number of alkyl carbamates (subject to hydrolysis) is 1. The van der Waals surface area contributed by atoms with Gasteiger partial charge in [0.25, 0.3) is 0 Å². The Labute approximate surface area is 103 Å². The molecule has 0 unspecified atom stereocenters. The van der Waals surface area contributed by atoms with Crippen molar-refractivity contribution in [2.24, 2.45) is 5.92 Å². The van der Waals surface area contributed by atoms with E-state index in [0.29, 0.717) is 5.92 Å². The van der Waals surface area contributed by atoms with Crippen LogP contribution in [0.5, 0.6) is 0 Å². The van der Waals surface area contributed by atoms with E-state index in [9.17, 15) is 4.79 Å². The van der Waals surface area contributed by atoms with E-state index < -0.39 is 5.60 Å². The number of nitrogens with one attached hydrogen (secondary N) is 2. The Morgan fingerprint density at radius 3 is 2.59 bits per heavy atom. The van der Waals surface area contributed by atoms with E-state index in [1.807, 2.05) is 20.8 Å². The zero-order valence-electron chi connectivity index (χ0n) is 11.1. The Kier molecular flexibility index (Phi) is 3.34. The quantitative estimate of drug-likeness (QED) is 0.776. The molecular formula is C13H24N2O2. The standard InChI is InChI=1S/C13H24N2O2/c1-12(2,3)17-11(16)15-13(6-7-13)10-5-4-8-14-9-10/h10,14H,4-9H2,1-3H3,(H,15,16)/t10-/m0/s1.